The fraction of sp³-hybridized carbons (Fsp3) is 0.936. The summed E-state index contributed by atoms with van der Waals surface area (Å²) in [6.07, 6.45) is 38.3. The van der Waals surface area contributed by atoms with E-state index in [2.05, 4.69) is 34.6 Å². The highest BCUT2D eigenvalue weighted by Crippen LogP contribution is 2.17. The van der Waals surface area contributed by atoms with Crippen LogP contribution in [0, 0.1) is 11.8 Å². The van der Waals surface area contributed by atoms with Crippen molar-refractivity contribution in [1.29, 1.82) is 0 Å². The number of hydrogen-bond acceptors (Lipinski definition) is 6. The van der Waals surface area contributed by atoms with Gasteiger partial charge in [-0.1, -0.05) is 214 Å². The Hall–Kier alpha value is -1.59. The van der Waals surface area contributed by atoms with Crippen molar-refractivity contribution in [3.8, 4) is 0 Å². The Morgan fingerprint density at radius 1 is 0.358 bits per heavy atom. The lowest BCUT2D eigenvalue weighted by Crippen LogP contribution is -2.30. The van der Waals surface area contributed by atoms with Crippen molar-refractivity contribution in [2.45, 2.75) is 259 Å². The molecule has 314 valence electrons. The fourth-order valence-electron chi connectivity index (χ4n) is 6.93. The number of unbranched alkanes of at least 4 members (excludes halogenated alkanes) is 26. The molecule has 0 aromatic carbocycles. The lowest BCUT2D eigenvalue weighted by molar-refractivity contribution is -0.167. The summed E-state index contributed by atoms with van der Waals surface area (Å²) in [5, 5.41) is 0. The van der Waals surface area contributed by atoms with E-state index in [4.69, 9.17) is 14.2 Å². The summed E-state index contributed by atoms with van der Waals surface area (Å²) in [5.41, 5.74) is 0. The zero-order valence-electron chi connectivity index (χ0n) is 36.1. The Balaban J connectivity index is 4.18. The molecular formula is C47H90O6. The van der Waals surface area contributed by atoms with Gasteiger partial charge in [0.25, 0.3) is 0 Å². The van der Waals surface area contributed by atoms with Crippen LogP contribution in [0.15, 0.2) is 0 Å². The molecule has 0 spiro atoms. The molecule has 6 heteroatoms. The first-order valence-corrected chi connectivity index (χ1v) is 23.2. The summed E-state index contributed by atoms with van der Waals surface area (Å²) < 4.78 is 16.7. The molecule has 0 fully saturated rings. The number of esters is 3. The molecule has 0 aliphatic carbocycles. The quantitative estimate of drug-likeness (QED) is 0.0352. The normalized spacial score (nSPS) is 12.1. The van der Waals surface area contributed by atoms with Crippen LogP contribution in [0.2, 0.25) is 0 Å². The molecular weight excluding hydrogens is 661 g/mol. The smallest absolute Gasteiger partial charge is 0.306 e. The summed E-state index contributed by atoms with van der Waals surface area (Å²) in [5.74, 6) is 0.762. The molecule has 1 atom stereocenters. The first-order valence-electron chi connectivity index (χ1n) is 23.2. The molecule has 53 heavy (non-hydrogen) atoms. The van der Waals surface area contributed by atoms with Gasteiger partial charge in [0.15, 0.2) is 6.10 Å². The molecule has 6 nitrogen and oxygen atoms in total. The summed E-state index contributed by atoms with van der Waals surface area (Å²) in [6, 6.07) is 0. The van der Waals surface area contributed by atoms with Gasteiger partial charge in [-0.2, -0.15) is 0 Å². The molecule has 0 heterocycles. The van der Waals surface area contributed by atoms with Gasteiger partial charge >= 0.3 is 17.9 Å². The molecule has 0 saturated heterocycles. The maximum atomic E-state index is 12.6. The van der Waals surface area contributed by atoms with Crippen LogP contribution >= 0.6 is 0 Å². The van der Waals surface area contributed by atoms with E-state index >= 15 is 0 Å². The van der Waals surface area contributed by atoms with Crippen LogP contribution in [-0.2, 0) is 28.6 Å². The Labute approximate surface area is 329 Å². The number of hydrogen-bond donors (Lipinski definition) is 0. The first kappa shape index (κ1) is 51.4. The van der Waals surface area contributed by atoms with Crippen LogP contribution in [0.4, 0.5) is 0 Å². The molecule has 0 aliphatic heterocycles. The van der Waals surface area contributed by atoms with Crippen LogP contribution < -0.4 is 0 Å². The fourth-order valence-corrected chi connectivity index (χ4v) is 6.93. The minimum absolute atomic E-state index is 0.0655. The average Bonchev–Trinajstić information content (AvgIpc) is 3.12. The van der Waals surface area contributed by atoms with Crippen LogP contribution in [0.5, 0.6) is 0 Å². The summed E-state index contributed by atoms with van der Waals surface area (Å²) in [6.45, 7) is 11.3. The van der Waals surface area contributed by atoms with Crippen LogP contribution in [-0.4, -0.2) is 37.2 Å². The second-order valence-corrected chi connectivity index (χ2v) is 17.0. The number of carbonyl (C=O) groups is 3. The van der Waals surface area contributed by atoms with Gasteiger partial charge in [-0.05, 0) is 31.1 Å². The Bertz CT molecular complexity index is 809. The van der Waals surface area contributed by atoms with Crippen LogP contribution in [0.25, 0.3) is 0 Å². The summed E-state index contributed by atoms with van der Waals surface area (Å²) in [7, 11) is 0. The monoisotopic (exact) mass is 751 g/mol. The Morgan fingerprint density at radius 2 is 0.623 bits per heavy atom. The maximum absolute atomic E-state index is 12.6. The second-order valence-electron chi connectivity index (χ2n) is 17.0. The third-order valence-corrected chi connectivity index (χ3v) is 10.5. The van der Waals surface area contributed by atoms with Crippen molar-refractivity contribution in [3.63, 3.8) is 0 Å². The van der Waals surface area contributed by atoms with Gasteiger partial charge in [0.2, 0.25) is 0 Å². The molecule has 0 bridgehead atoms. The molecule has 0 amide bonds. The molecule has 0 unspecified atom stereocenters. The summed E-state index contributed by atoms with van der Waals surface area (Å²) >= 11 is 0. The third kappa shape index (κ3) is 41.4. The van der Waals surface area contributed by atoms with Gasteiger partial charge < -0.3 is 14.2 Å². The lowest BCUT2D eigenvalue weighted by Gasteiger charge is -2.18. The van der Waals surface area contributed by atoms with E-state index in [9.17, 15) is 14.4 Å². The van der Waals surface area contributed by atoms with E-state index in [1.165, 1.54) is 141 Å². The highest BCUT2D eigenvalue weighted by Gasteiger charge is 2.19. The van der Waals surface area contributed by atoms with E-state index in [1.54, 1.807) is 0 Å². The maximum Gasteiger partial charge on any atom is 0.306 e. The van der Waals surface area contributed by atoms with Crippen molar-refractivity contribution in [3.05, 3.63) is 0 Å². The third-order valence-electron chi connectivity index (χ3n) is 10.5. The zero-order chi connectivity index (χ0) is 39.0. The SMILES string of the molecule is CCCCCCCCCC(=O)OC[C@H](COC(=O)CCCCCCCCCCCCCCCCCC(C)C)OC(=O)CCCCCCCCCC(C)C. The van der Waals surface area contributed by atoms with Gasteiger partial charge in [-0.15, -0.1) is 0 Å². The topological polar surface area (TPSA) is 78.9 Å². The van der Waals surface area contributed by atoms with Crippen molar-refractivity contribution < 1.29 is 28.6 Å². The minimum atomic E-state index is -0.759. The van der Waals surface area contributed by atoms with E-state index in [1.807, 2.05) is 0 Å². The molecule has 0 aromatic heterocycles. The van der Waals surface area contributed by atoms with Crippen molar-refractivity contribution in [2.75, 3.05) is 13.2 Å². The van der Waals surface area contributed by atoms with Crippen molar-refractivity contribution >= 4 is 17.9 Å². The highest BCUT2D eigenvalue weighted by atomic mass is 16.6. The number of ether oxygens (including phenoxy) is 3. The van der Waals surface area contributed by atoms with Crippen LogP contribution in [0.3, 0.4) is 0 Å². The second kappa shape index (κ2) is 40.1. The van der Waals surface area contributed by atoms with Gasteiger partial charge in [-0.3, -0.25) is 14.4 Å². The number of carbonyl (C=O) groups excluding carboxylic acids is 3. The molecule has 0 radical (unpaired) electrons. The predicted octanol–water partition coefficient (Wildman–Crippen LogP) is 14.6. The van der Waals surface area contributed by atoms with Crippen LogP contribution in [0.1, 0.15) is 253 Å². The largest absolute Gasteiger partial charge is 0.462 e. The first-order chi connectivity index (χ1) is 25.7. The van der Waals surface area contributed by atoms with Gasteiger partial charge in [-0.25, -0.2) is 0 Å². The van der Waals surface area contributed by atoms with E-state index in [0.29, 0.717) is 19.3 Å². The molecule has 0 aromatic rings. The van der Waals surface area contributed by atoms with E-state index in [-0.39, 0.29) is 31.1 Å². The lowest BCUT2D eigenvalue weighted by atomic mass is 10.0. The standard InChI is InChI=1S/C47H90O6/c1-6-7-8-9-20-27-32-37-45(48)51-40-44(53-47(50)39-34-29-24-19-22-26-31-36-43(4)5)41-52-46(49)38-33-28-23-18-16-14-12-10-11-13-15-17-21-25-30-35-42(2)3/h42-44H,6-41H2,1-5H3/t44-/m1/s1. The number of rotatable bonds is 41. The van der Waals surface area contributed by atoms with E-state index < -0.39 is 6.10 Å². The van der Waals surface area contributed by atoms with E-state index in [0.717, 1.165) is 69.6 Å². The van der Waals surface area contributed by atoms with Gasteiger partial charge in [0, 0.05) is 19.3 Å². The minimum Gasteiger partial charge on any atom is -0.462 e. The van der Waals surface area contributed by atoms with Gasteiger partial charge in [0.1, 0.15) is 13.2 Å². The molecule has 0 rings (SSSR count). The molecule has 0 aliphatic rings. The Kier molecular flexibility index (Phi) is 38.9. The van der Waals surface area contributed by atoms with Gasteiger partial charge in [0.05, 0.1) is 0 Å². The van der Waals surface area contributed by atoms with Crippen molar-refractivity contribution in [1.82, 2.24) is 0 Å². The molecule has 0 N–H and O–H groups in total. The average molecular weight is 751 g/mol. The van der Waals surface area contributed by atoms with Crippen molar-refractivity contribution in [2.24, 2.45) is 11.8 Å². The zero-order valence-corrected chi connectivity index (χ0v) is 36.1. The predicted molar refractivity (Wildman–Crippen MR) is 224 cm³/mol. The Morgan fingerprint density at radius 3 is 0.925 bits per heavy atom. The summed E-state index contributed by atoms with van der Waals surface area (Å²) in [4.78, 5) is 37.6. The highest BCUT2D eigenvalue weighted by molar-refractivity contribution is 5.71. The molecule has 0 saturated carbocycles.